The van der Waals surface area contributed by atoms with Crippen LogP contribution in [-0.2, 0) is 13.0 Å². The SMILES string of the molecule is CCCc1c(NN)ncnc1NCc1scnc1C. The van der Waals surface area contributed by atoms with Crippen molar-refractivity contribution in [2.24, 2.45) is 5.84 Å². The van der Waals surface area contributed by atoms with Crippen LogP contribution in [0, 0.1) is 6.92 Å². The normalized spacial score (nSPS) is 10.5. The van der Waals surface area contributed by atoms with E-state index in [0.717, 1.165) is 29.9 Å². The molecule has 7 heteroatoms. The first-order valence-electron chi connectivity index (χ1n) is 6.19. The zero-order valence-corrected chi connectivity index (χ0v) is 11.9. The van der Waals surface area contributed by atoms with Gasteiger partial charge in [0, 0.05) is 10.4 Å². The summed E-state index contributed by atoms with van der Waals surface area (Å²) in [5.41, 5.74) is 6.56. The summed E-state index contributed by atoms with van der Waals surface area (Å²) in [6.45, 7) is 4.84. The van der Waals surface area contributed by atoms with Crippen molar-refractivity contribution >= 4 is 23.0 Å². The molecule has 0 unspecified atom stereocenters. The van der Waals surface area contributed by atoms with Gasteiger partial charge in [-0.1, -0.05) is 13.3 Å². The Kier molecular flexibility index (Phi) is 4.64. The fraction of sp³-hybridized carbons (Fsp3) is 0.417. The Labute approximate surface area is 116 Å². The first kappa shape index (κ1) is 13.7. The molecule has 19 heavy (non-hydrogen) atoms. The number of nitrogen functional groups attached to an aromatic ring is 1. The molecule has 0 fully saturated rings. The summed E-state index contributed by atoms with van der Waals surface area (Å²) >= 11 is 1.64. The molecule has 0 aromatic carbocycles. The van der Waals surface area contributed by atoms with Crippen molar-refractivity contribution in [1.82, 2.24) is 15.0 Å². The zero-order chi connectivity index (χ0) is 13.7. The van der Waals surface area contributed by atoms with E-state index in [-0.39, 0.29) is 0 Å². The van der Waals surface area contributed by atoms with Crippen LogP contribution in [-0.4, -0.2) is 15.0 Å². The molecule has 2 aromatic rings. The van der Waals surface area contributed by atoms with Gasteiger partial charge in [-0.2, -0.15) is 0 Å². The Balaban J connectivity index is 2.17. The summed E-state index contributed by atoms with van der Waals surface area (Å²) < 4.78 is 0. The summed E-state index contributed by atoms with van der Waals surface area (Å²) in [6, 6.07) is 0. The van der Waals surface area contributed by atoms with Gasteiger partial charge < -0.3 is 10.7 Å². The topological polar surface area (TPSA) is 88.8 Å². The molecule has 0 spiro atoms. The van der Waals surface area contributed by atoms with Gasteiger partial charge in [0.2, 0.25) is 0 Å². The number of nitrogens with two attached hydrogens (primary N) is 1. The third kappa shape index (κ3) is 3.18. The summed E-state index contributed by atoms with van der Waals surface area (Å²) in [5.74, 6) is 7.00. The molecule has 0 aliphatic rings. The Bertz CT molecular complexity index is 539. The number of thiazole rings is 1. The van der Waals surface area contributed by atoms with Gasteiger partial charge in [0.15, 0.2) is 0 Å². The smallest absolute Gasteiger partial charge is 0.148 e. The van der Waals surface area contributed by atoms with Crippen LogP contribution in [0.4, 0.5) is 11.6 Å². The van der Waals surface area contributed by atoms with Gasteiger partial charge >= 0.3 is 0 Å². The molecular weight excluding hydrogens is 260 g/mol. The highest BCUT2D eigenvalue weighted by Crippen LogP contribution is 2.22. The summed E-state index contributed by atoms with van der Waals surface area (Å²) in [5, 5.41) is 3.34. The minimum absolute atomic E-state index is 0.681. The zero-order valence-electron chi connectivity index (χ0n) is 11.1. The van der Waals surface area contributed by atoms with Crippen molar-refractivity contribution in [3.63, 3.8) is 0 Å². The van der Waals surface area contributed by atoms with Crippen molar-refractivity contribution in [1.29, 1.82) is 0 Å². The first-order valence-corrected chi connectivity index (χ1v) is 7.07. The lowest BCUT2D eigenvalue weighted by Gasteiger charge is -2.13. The number of anilines is 2. The van der Waals surface area contributed by atoms with E-state index < -0.39 is 0 Å². The molecule has 102 valence electrons. The van der Waals surface area contributed by atoms with E-state index in [1.165, 1.54) is 11.2 Å². The quantitative estimate of drug-likeness (QED) is 0.554. The maximum absolute atomic E-state index is 5.49. The highest BCUT2D eigenvalue weighted by atomic mass is 32.1. The number of hydrazine groups is 1. The lowest BCUT2D eigenvalue weighted by atomic mass is 10.1. The number of aryl methyl sites for hydroxylation is 1. The van der Waals surface area contributed by atoms with E-state index in [4.69, 9.17) is 5.84 Å². The second-order valence-electron chi connectivity index (χ2n) is 4.16. The third-order valence-corrected chi connectivity index (χ3v) is 3.78. The van der Waals surface area contributed by atoms with E-state index in [2.05, 4.69) is 32.6 Å². The highest BCUT2D eigenvalue weighted by Gasteiger charge is 2.10. The number of hydrogen-bond acceptors (Lipinski definition) is 7. The Morgan fingerprint density at radius 2 is 2.05 bits per heavy atom. The molecule has 0 saturated heterocycles. The minimum atomic E-state index is 0.681. The third-order valence-electron chi connectivity index (χ3n) is 2.84. The monoisotopic (exact) mass is 278 g/mol. The maximum atomic E-state index is 5.49. The molecular formula is C12H18N6S. The molecule has 2 heterocycles. The molecule has 2 aromatic heterocycles. The number of rotatable bonds is 6. The van der Waals surface area contributed by atoms with Gasteiger partial charge in [0.05, 0.1) is 17.7 Å². The molecule has 0 radical (unpaired) electrons. The van der Waals surface area contributed by atoms with Crippen LogP contribution in [0.1, 0.15) is 29.5 Å². The predicted molar refractivity (Wildman–Crippen MR) is 78.0 cm³/mol. The molecule has 0 bridgehead atoms. The van der Waals surface area contributed by atoms with Crippen LogP contribution in [0.25, 0.3) is 0 Å². The maximum Gasteiger partial charge on any atom is 0.148 e. The molecule has 0 aliphatic carbocycles. The Hall–Kier alpha value is -1.73. The number of hydrogen-bond donors (Lipinski definition) is 3. The Morgan fingerprint density at radius 3 is 2.68 bits per heavy atom. The standard InChI is InChI=1S/C12H18N6S/c1-3-4-9-11(15-6-16-12(9)18-13)14-5-10-8(2)17-7-19-10/h6-7H,3-5,13H2,1-2H3,(H2,14,15,16,18). The van der Waals surface area contributed by atoms with E-state index >= 15 is 0 Å². The first-order chi connectivity index (χ1) is 9.26. The van der Waals surface area contributed by atoms with Gasteiger partial charge in [0.25, 0.3) is 0 Å². The molecule has 0 aliphatic heterocycles. The van der Waals surface area contributed by atoms with Crippen LogP contribution < -0.4 is 16.6 Å². The molecule has 4 N–H and O–H groups in total. The van der Waals surface area contributed by atoms with Crippen LogP contribution in [0.15, 0.2) is 11.8 Å². The lowest BCUT2D eigenvalue weighted by Crippen LogP contribution is -2.14. The molecule has 0 saturated carbocycles. The van der Waals surface area contributed by atoms with Gasteiger partial charge in [-0.05, 0) is 13.3 Å². The second kappa shape index (κ2) is 6.44. The van der Waals surface area contributed by atoms with Crippen LogP contribution >= 0.6 is 11.3 Å². The fourth-order valence-electron chi connectivity index (χ4n) is 1.84. The van der Waals surface area contributed by atoms with Crippen molar-refractivity contribution in [2.45, 2.75) is 33.2 Å². The van der Waals surface area contributed by atoms with Crippen molar-refractivity contribution in [3.8, 4) is 0 Å². The van der Waals surface area contributed by atoms with Crippen LogP contribution in [0.2, 0.25) is 0 Å². The van der Waals surface area contributed by atoms with Gasteiger partial charge in [-0.15, -0.1) is 11.3 Å². The van der Waals surface area contributed by atoms with Gasteiger partial charge in [-0.25, -0.2) is 20.8 Å². The largest absolute Gasteiger partial charge is 0.365 e. The molecule has 0 amide bonds. The van der Waals surface area contributed by atoms with Crippen molar-refractivity contribution in [3.05, 3.63) is 28.0 Å². The molecule has 0 atom stereocenters. The molecule has 6 nitrogen and oxygen atoms in total. The predicted octanol–water partition coefficient (Wildman–Crippen LogP) is 2.09. The summed E-state index contributed by atoms with van der Waals surface area (Å²) in [4.78, 5) is 13.9. The lowest BCUT2D eigenvalue weighted by molar-refractivity contribution is 0.897. The van der Waals surface area contributed by atoms with Gasteiger partial charge in [-0.3, -0.25) is 0 Å². The number of aromatic nitrogens is 3. The van der Waals surface area contributed by atoms with Crippen molar-refractivity contribution in [2.75, 3.05) is 10.7 Å². The minimum Gasteiger partial charge on any atom is -0.365 e. The molecule has 2 rings (SSSR count). The summed E-state index contributed by atoms with van der Waals surface area (Å²) in [7, 11) is 0. The van der Waals surface area contributed by atoms with Crippen LogP contribution in [0.5, 0.6) is 0 Å². The van der Waals surface area contributed by atoms with E-state index in [9.17, 15) is 0 Å². The number of nitrogens with zero attached hydrogens (tertiary/aromatic N) is 3. The van der Waals surface area contributed by atoms with Crippen molar-refractivity contribution < 1.29 is 0 Å². The number of nitrogens with one attached hydrogen (secondary N) is 2. The fourth-order valence-corrected chi connectivity index (χ4v) is 2.55. The average molecular weight is 278 g/mol. The Morgan fingerprint density at radius 1 is 1.26 bits per heavy atom. The highest BCUT2D eigenvalue weighted by molar-refractivity contribution is 7.09. The van der Waals surface area contributed by atoms with Gasteiger partial charge in [0.1, 0.15) is 18.0 Å². The van der Waals surface area contributed by atoms with Crippen LogP contribution in [0.3, 0.4) is 0 Å². The van der Waals surface area contributed by atoms with E-state index in [0.29, 0.717) is 12.4 Å². The second-order valence-corrected chi connectivity index (χ2v) is 5.10. The average Bonchev–Trinajstić information content (AvgIpc) is 2.83. The van der Waals surface area contributed by atoms with E-state index in [1.807, 2.05) is 12.4 Å². The summed E-state index contributed by atoms with van der Waals surface area (Å²) in [6.07, 6.45) is 3.40. The van der Waals surface area contributed by atoms with E-state index in [1.54, 1.807) is 11.3 Å².